The largest absolute Gasteiger partial charge is 0.399 e. The molecule has 3 N–H and O–H groups in total. The van der Waals surface area contributed by atoms with Crippen LogP contribution in [0.1, 0.15) is 11.1 Å². The first-order valence-corrected chi connectivity index (χ1v) is 11.6. The molecule has 0 aromatic heterocycles. The van der Waals surface area contributed by atoms with Gasteiger partial charge in [0.05, 0.1) is 21.2 Å². The third-order valence-electron chi connectivity index (χ3n) is 4.63. The summed E-state index contributed by atoms with van der Waals surface area (Å²) in [5.41, 5.74) is 6.97. The maximum absolute atomic E-state index is 13.9. The van der Waals surface area contributed by atoms with Gasteiger partial charge in [0.15, 0.2) is 9.84 Å². The highest BCUT2D eigenvalue weighted by atomic mass is 32.2. The molecule has 0 aliphatic carbocycles. The molecule has 0 atom stereocenters. The minimum Gasteiger partial charge on any atom is -0.399 e. The standard InChI is InChI=1S/C22H16F2N2O3S2/c23-17-2-1-3-18(24)16(17)12-31(28,29)15-8-9-19-20(11-15)30-21(22(27)26-19)10-13-4-6-14(25)7-5-13/h1-11H,12,25H2,(H,26,27)/b21-10+. The van der Waals surface area contributed by atoms with Gasteiger partial charge in [0.1, 0.15) is 11.6 Å². The molecular formula is C22H16F2N2O3S2. The highest BCUT2D eigenvalue weighted by molar-refractivity contribution is 8.04. The number of anilines is 2. The third kappa shape index (κ3) is 4.47. The first kappa shape index (κ1) is 21.1. The number of thioether (sulfide) groups is 1. The molecule has 1 aliphatic rings. The second kappa shape index (κ2) is 8.16. The van der Waals surface area contributed by atoms with E-state index >= 15 is 0 Å². The van der Waals surface area contributed by atoms with Crippen molar-refractivity contribution in [3.05, 3.63) is 88.3 Å². The van der Waals surface area contributed by atoms with Gasteiger partial charge in [0.25, 0.3) is 5.91 Å². The van der Waals surface area contributed by atoms with Gasteiger partial charge in [-0.3, -0.25) is 4.79 Å². The molecule has 3 aromatic rings. The Morgan fingerprint density at radius 3 is 2.35 bits per heavy atom. The summed E-state index contributed by atoms with van der Waals surface area (Å²) in [5.74, 6) is -2.97. The Morgan fingerprint density at radius 1 is 1.00 bits per heavy atom. The number of halogens is 2. The average molecular weight is 459 g/mol. The molecule has 1 heterocycles. The minimum atomic E-state index is -4.03. The zero-order valence-corrected chi connectivity index (χ0v) is 17.6. The van der Waals surface area contributed by atoms with Gasteiger partial charge in [-0.1, -0.05) is 30.0 Å². The fraction of sp³-hybridized carbons (Fsp3) is 0.0455. The molecule has 3 aromatic carbocycles. The van der Waals surface area contributed by atoms with Crippen molar-refractivity contribution in [2.75, 3.05) is 11.1 Å². The lowest BCUT2D eigenvalue weighted by atomic mass is 10.2. The molecule has 5 nitrogen and oxygen atoms in total. The monoisotopic (exact) mass is 458 g/mol. The summed E-state index contributed by atoms with van der Waals surface area (Å²) >= 11 is 1.11. The quantitative estimate of drug-likeness (QED) is 0.440. The van der Waals surface area contributed by atoms with Gasteiger partial charge in [0.2, 0.25) is 0 Å². The van der Waals surface area contributed by atoms with E-state index < -0.39 is 32.8 Å². The summed E-state index contributed by atoms with van der Waals surface area (Å²) in [7, 11) is -4.03. The molecule has 158 valence electrons. The number of hydrogen-bond acceptors (Lipinski definition) is 5. The summed E-state index contributed by atoms with van der Waals surface area (Å²) in [5, 5.41) is 2.72. The number of rotatable bonds is 4. The number of nitrogens with two attached hydrogens (primary N) is 1. The van der Waals surface area contributed by atoms with Gasteiger partial charge in [0, 0.05) is 16.1 Å². The fourth-order valence-corrected chi connectivity index (χ4v) is 5.48. The number of hydrogen-bond donors (Lipinski definition) is 2. The first-order valence-electron chi connectivity index (χ1n) is 9.09. The van der Waals surface area contributed by atoms with Crippen molar-refractivity contribution in [1.82, 2.24) is 0 Å². The van der Waals surface area contributed by atoms with E-state index in [1.54, 1.807) is 30.3 Å². The molecule has 4 rings (SSSR count). The lowest BCUT2D eigenvalue weighted by Gasteiger charge is -2.19. The summed E-state index contributed by atoms with van der Waals surface area (Å²) in [6.07, 6.45) is 1.66. The van der Waals surface area contributed by atoms with Gasteiger partial charge < -0.3 is 11.1 Å². The Hall–Kier alpha value is -3.17. The van der Waals surface area contributed by atoms with Crippen LogP contribution in [0.15, 0.2) is 75.4 Å². The van der Waals surface area contributed by atoms with Crippen molar-refractivity contribution in [3.8, 4) is 0 Å². The summed E-state index contributed by atoms with van der Waals surface area (Å²) in [4.78, 5) is 13.2. The predicted octanol–water partition coefficient (Wildman–Crippen LogP) is 4.61. The molecule has 0 radical (unpaired) electrons. The van der Waals surface area contributed by atoms with Crippen LogP contribution < -0.4 is 11.1 Å². The SMILES string of the molecule is Nc1ccc(/C=C2/Sc3cc(S(=O)(=O)Cc4c(F)cccc4F)ccc3NC2=O)cc1. The highest BCUT2D eigenvalue weighted by Crippen LogP contribution is 2.40. The lowest BCUT2D eigenvalue weighted by Crippen LogP contribution is -2.18. The molecule has 31 heavy (non-hydrogen) atoms. The zero-order valence-electron chi connectivity index (χ0n) is 15.9. The van der Waals surface area contributed by atoms with Crippen LogP contribution in [-0.2, 0) is 20.4 Å². The topological polar surface area (TPSA) is 89.3 Å². The number of carbonyl (C=O) groups is 1. The Bertz CT molecular complexity index is 1300. The van der Waals surface area contributed by atoms with Gasteiger partial charge in [-0.05, 0) is 54.1 Å². The third-order valence-corrected chi connectivity index (χ3v) is 7.36. The number of carbonyl (C=O) groups excluding carboxylic acids is 1. The van der Waals surface area contributed by atoms with Gasteiger partial charge in [-0.25, -0.2) is 17.2 Å². The second-order valence-electron chi connectivity index (χ2n) is 6.85. The van der Waals surface area contributed by atoms with E-state index in [2.05, 4.69) is 5.32 Å². The van der Waals surface area contributed by atoms with Crippen LogP contribution in [-0.4, -0.2) is 14.3 Å². The first-order chi connectivity index (χ1) is 14.7. The number of amides is 1. The van der Waals surface area contributed by atoms with E-state index in [4.69, 9.17) is 5.73 Å². The smallest absolute Gasteiger partial charge is 0.262 e. The van der Waals surface area contributed by atoms with Crippen LogP contribution in [0, 0.1) is 11.6 Å². The van der Waals surface area contributed by atoms with Crippen LogP contribution in [0.25, 0.3) is 6.08 Å². The maximum atomic E-state index is 13.9. The molecular weight excluding hydrogens is 442 g/mol. The average Bonchev–Trinajstić information content (AvgIpc) is 2.73. The number of nitrogens with one attached hydrogen (secondary N) is 1. The predicted molar refractivity (Wildman–Crippen MR) is 117 cm³/mol. The van der Waals surface area contributed by atoms with Crippen molar-refractivity contribution < 1.29 is 22.0 Å². The van der Waals surface area contributed by atoms with E-state index in [0.717, 1.165) is 29.5 Å². The Kier molecular flexibility index (Phi) is 5.55. The minimum absolute atomic E-state index is 0.0932. The Labute approximate surface area is 181 Å². The molecule has 0 saturated carbocycles. The summed E-state index contributed by atoms with van der Waals surface area (Å²) in [6.45, 7) is 0. The maximum Gasteiger partial charge on any atom is 0.262 e. The van der Waals surface area contributed by atoms with E-state index in [9.17, 15) is 22.0 Å². The Balaban J connectivity index is 1.65. The van der Waals surface area contributed by atoms with Crippen molar-refractivity contribution in [2.45, 2.75) is 15.5 Å². The van der Waals surface area contributed by atoms with E-state index in [1.807, 2.05) is 0 Å². The van der Waals surface area contributed by atoms with Gasteiger partial charge in [-0.15, -0.1) is 0 Å². The van der Waals surface area contributed by atoms with Crippen molar-refractivity contribution in [1.29, 1.82) is 0 Å². The number of nitrogen functional groups attached to an aromatic ring is 1. The molecule has 0 spiro atoms. The normalized spacial score (nSPS) is 14.9. The fourth-order valence-electron chi connectivity index (χ4n) is 3.01. The summed E-state index contributed by atoms with van der Waals surface area (Å²) in [6, 6.07) is 14.3. The van der Waals surface area contributed by atoms with Crippen molar-refractivity contribution in [3.63, 3.8) is 0 Å². The van der Waals surface area contributed by atoms with Crippen LogP contribution in [0.5, 0.6) is 0 Å². The highest BCUT2D eigenvalue weighted by Gasteiger charge is 2.25. The molecule has 0 saturated heterocycles. The summed E-state index contributed by atoms with van der Waals surface area (Å²) < 4.78 is 53.5. The number of fused-ring (bicyclic) bond motifs is 1. The second-order valence-corrected chi connectivity index (χ2v) is 9.92. The number of sulfone groups is 1. The molecule has 0 unspecified atom stereocenters. The molecule has 1 aliphatic heterocycles. The molecule has 9 heteroatoms. The zero-order chi connectivity index (χ0) is 22.2. The van der Waals surface area contributed by atoms with Crippen LogP contribution >= 0.6 is 11.8 Å². The van der Waals surface area contributed by atoms with Crippen LogP contribution in [0.3, 0.4) is 0 Å². The van der Waals surface area contributed by atoms with Crippen molar-refractivity contribution >= 4 is 45.0 Å². The Morgan fingerprint density at radius 2 is 1.68 bits per heavy atom. The molecule has 1 amide bonds. The molecule has 0 bridgehead atoms. The van der Waals surface area contributed by atoms with E-state index in [0.29, 0.717) is 21.2 Å². The van der Waals surface area contributed by atoms with Crippen LogP contribution in [0.2, 0.25) is 0 Å². The van der Waals surface area contributed by atoms with Gasteiger partial charge in [-0.2, -0.15) is 0 Å². The van der Waals surface area contributed by atoms with Crippen molar-refractivity contribution in [2.24, 2.45) is 0 Å². The number of benzene rings is 3. The van der Waals surface area contributed by atoms with E-state index in [-0.39, 0.29) is 10.8 Å². The van der Waals surface area contributed by atoms with Crippen LogP contribution in [0.4, 0.5) is 20.2 Å². The van der Waals surface area contributed by atoms with Gasteiger partial charge >= 0.3 is 0 Å². The lowest BCUT2D eigenvalue weighted by molar-refractivity contribution is -0.112. The van der Waals surface area contributed by atoms with E-state index in [1.165, 1.54) is 24.3 Å². The molecule has 0 fully saturated rings.